The Hall–Kier alpha value is -2.28. The molecule has 0 saturated carbocycles. The number of benzene rings is 1. The Morgan fingerprint density at radius 2 is 1.87 bits per heavy atom. The van der Waals surface area contributed by atoms with Gasteiger partial charge in [-0.25, -0.2) is 4.79 Å². The molecule has 3 aliphatic rings. The fraction of sp³-hybridized carbons (Fsp3) is 0.652. The summed E-state index contributed by atoms with van der Waals surface area (Å²) in [7, 11) is 1.66. The first kappa shape index (κ1) is 21.0. The Balaban J connectivity index is 1.37. The van der Waals surface area contributed by atoms with Crippen molar-refractivity contribution in [3.8, 4) is 5.75 Å². The van der Waals surface area contributed by atoms with Crippen LogP contribution in [0.5, 0.6) is 5.75 Å². The van der Waals surface area contributed by atoms with Gasteiger partial charge >= 0.3 is 6.09 Å². The molecule has 0 unspecified atom stereocenters. The Bertz CT molecular complexity index is 796. The minimum atomic E-state index is -0.195. The maximum Gasteiger partial charge on any atom is 0.409 e. The standard InChI is InChI=1S/C23H33N3O4/c1-4-30-22(28)24-13-9-23(2,10-14-24)25-11-7-18(8-12-25)26-20-16-19(29-3)6-5-17(20)15-21(26)27/h5-6,16,18H,4,7-15H2,1-3H3. The molecule has 30 heavy (non-hydrogen) atoms. The second-order valence-corrected chi connectivity index (χ2v) is 8.84. The van der Waals surface area contributed by atoms with Gasteiger partial charge in [-0.05, 0) is 51.2 Å². The molecule has 0 radical (unpaired) electrons. The summed E-state index contributed by atoms with van der Waals surface area (Å²) >= 11 is 0. The lowest BCUT2D eigenvalue weighted by Gasteiger charge is -2.49. The van der Waals surface area contributed by atoms with Crippen LogP contribution in [0.15, 0.2) is 18.2 Å². The molecule has 2 fully saturated rings. The van der Waals surface area contributed by atoms with Gasteiger partial charge < -0.3 is 19.3 Å². The normalized spacial score (nSPS) is 22.2. The fourth-order valence-corrected chi connectivity index (χ4v) is 5.19. The van der Waals surface area contributed by atoms with Gasteiger partial charge in [0.05, 0.1) is 25.8 Å². The van der Waals surface area contributed by atoms with E-state index in [2.05, 4.69) is 11.8 Å². The first-order valence-corrected chi connectivity index (χ1v) is 11.1. The Morgan fingerprint density at radius 1 is 1.17 bits per heavy atom. The highest BCUT2D eigenvalue weighted by atomic mass is 16.6. The lowest BCUT2D eigenvalue weighted by atomic mass is 9.85. The number of carbonyl (C=O) groups is 2. The molecule has 164 valence electrons. The van der Waals surface area contributed by atoms with Crippen molar-refractivity contribution in [2.24, 2.45) is 0 Å². The Kier molecular flexibility index (Phi) is 5.91. The molecular formula is C23H33N3O4. The Labute approximate surface area is 178 Å². The number of hydrogen-bond acceptors (Lipinski definition) is 5. The molecule has 0 spiro atoms. The second-order valence-electron chi connectivity index (χ2n) is 8.84. The van der Waals surface area contributed by atoms with Crippen LogP contribution in [0.1, 0.15) is 45.1 Å². The molecule has 1 aromatic carbocycles. The van der Waals surface area contributed by atoms with E-state index in [0.717, 1.165) is 68.9 Å². The van der Waals surface area contributed by atoms with Crippen LogP contribution in [0.4, 0.5) is 10.5 Å². The van der Waals surface area contributed by atoms with Crippen molar-refractivity contribution in [2.75, 3.05) is 44.8 Å². The quantitative estimate of drug-likeness (QED) is 0.756. The summed E-state index contributed by atoms with van der Waals surface area (Å²) in [6.45, 7) is 8.02. The molecule has 3 aliphatic heterocycles. The van der Waals surface area contributed by atoms with Crippen molar-refractivity contribution in [2.45, 2.75) is 57.5 Å². The molecule has 2 amide bonds. The van der Waals surface area contributed by atoms with Gasteiger partial charge in [0, 0.05) is 43.8 Å². The van der Waals surface area contributed by atoms with Crippen LogP contribution >= 0.6 is 0 Å². The van der Waals surface area contributed by atoms with E-state index in [4.69, 9.17) is 9.47 Å². The number of nitrogens with zero attached hydrogens (tertiary/aromatic N) is 3. The number of amides is 2. The highest BCUT2D eigenvalue weighted by Gasteiger charge is 2.41. The second kappa shape index (κ2) is 8.46. The van der Waals surface area contributed by atoms with Crippen LogP contribution in [0.3, 0.4) is 0 Å². The van der Waals surface area contributed by atoms with Gasteiger partial charge in [-0.2, -0.15) is 0 Å². The largest absolute Gasteiger partial charge is 0.497 e. The number of anilines is 1. The number of likely N-dealkylation sites (tertiary alicyclic amines) is 2. The predicted octanol–water partition coefficient (Wildman–Crippen LogP) is 3.06. The highest BCUT2D eigenvalue weighted by Crippen LogP contribution is 2.38. The number of piperidine rings is 2. The van der Waals surface area contributed by atoms with E-state index in [1.54, 1.807) is 7.11 Å². The van der Waals surface area contributed by atoms with Crippen molar-refractivity contribution >= 4 is 17.7 Å². The number of ether oxygens (including phenoxy) is 2. The van der Waals surface area contributed by atoms with Crippen LogP contribution in [0.25, 0.3) is 0 Å². The summed E-state index contributed by atoms with van der Waals surface area (Å²) in [5.41, 5.74) is 2.22. The van der Waals surface area contributed by atoms with Crippen molar-refractivity contribution in [3.63, 3.8) is 0 Å². The van der Waals surface area contributed by atoms with Crippen LogP contribution in [0, 0.1) is 0 Å². The summed E-state index contributed by atoms with van der Waals surface area (Å²) in [5.74, 6) is 0.998. The number of fused-ring (bicyclic) bond motifs is 1. The molecule has 2 saturated heterocycles. The maximum absolute atomic E-state index is 12.8. The van der Waals surface area contributed by atoms with Crippen LogP contribution in [-0.4, -0.2) is 73.3 Å². The zero-order valence-electron chi connectivity index (χ0n) is 18.4. The molecule has 7 heteroatoms. The van der Waals surface area contributed by atoms with Gasteiger partial charge in [-0.15, -0.1) is 0 Å². The number of hydrogen-bond donors (Lipinski definition) is 0. The molecular weight excluding hydrogens is 382 g/mol. The van der Waals surface area contributed by atoms with E-state index in [-0.39, 0.29) is 23.6 Å². The average Bonchev–Trinajstić information content (AvgIpc) is 3.09. The van der Waals surface area contributed by atoms with E-state index >= 15 is 0 Å². The van der Waals surface area contributed by atoms with Crippen molar-refractivity contribution in [3.05, 3.63) is 23.8 Å². The van der Waals surface area contributed by atoms with Gasteiger partial charge in [0.15, 0.2) is 0 Å². The molecule has 0 N–H and O–H groups in total. The van der Waals surface area contributed by atoms with Gasteiger partial charge in [0.25, 0.3) is 0 Å². The lowest BCUT2D eigenvalue weighted by Crippen LogP contribution is -2.58. The smallest absolute Gasteiger partial charge is 0.409 e. The third-order valence-electron chi connectivity index (χ3n) is 7.12. The zero-order chi connectivity index (χ0) is 21.3. The summed E-state index contributed by atoms with van der Waals surface area (Å²) in [6, 6.07) is 6.19. The third-order valence-corrected chi connectivity index (χ3v) is 7.12. The van der Waals surface area contributed by atoms with E-state index in [0.29, 0.717) is 13.0 Å². The van der Waals surface area contributed by atoms with Gasteiger partial charge in [0.1, 0.15) is 5.75 Å². The monoisotopic (exact) mass is 415 g/mol. The SMILES string of the molecule is CCOC(=O)N1CCC(C)(N2CCC(N3C(=O)Cc4ccc(OC)cc43)CC2)CC1. The maximum atomic E-state index is 12.8. The van der Waals surface area contributed by atoms with Crippen molar-refractivity contribution in [1.29, 1.82) is 0 Å². The van der Waals surface area contributed by atoms with Crippen molar-refractivity contribution < 1.29 is 19.1 Å². The molecule has 3 heterocycles. The van der Waals surface area contributed by atoms with Crippen LogP contribution in [-0.2, 0) is 16.0 Å². The number of rotatable bonds is 4. The summed E-state index contributed by atoms with van der Waals surface area (Å²) in [4.78, 5) is 31.2. The topological polar surface area (TPSA) is 62.3 Å². The summed E-state index contributed by atoms with van der Waals surface area (Å²) < 4.78 is 10.5. The van der Waals surface area contributed by atoms with E-state index in [9.17, 15) is 9.59 Å². The van der Waals surface area contributed by atoms with E-state index in [1.807, 2.05) is 34.9 Å². The number of carbonyl (C=O) groups excluding carboxylic acids is 2. The molecule has 1 aromatic rings. The van der Waals surface area contributed by atoms with E-state index < -0.39 is 0 Å². The molecule has 0 aromatic heterocycles. The summed E-state index contributed by atoms with van der Waals surface area (Å²) in [5, 5.41) is 0. The van der Waals surface area contributed by atoms with Gasteiger partial charge in [-0.3, -0.25) is 9.69 Å². The fourth-order valence-electron chi connectivity index (χ4n) is 5.19. The van der Waals surface area contributed by atoms with Crippen molar-refractivity contribution in [1.82, 2.24) is 9.80 Å². The summed E-state index contributed by atoms with van der Waals surface area (Å²) in [6.07, 6.45) is 4.15. The molecule has 0 aliphatic carbocycles. The Morgan fingerprint density at radius 3 is 2.50 bits per heavy atom. The highest BCUT2D eigenvalue weighted by molar-refractivity contribution is 6.02. The molecule has 0 bridgehead atoms. The minimum absolute atomic E-state index is 0.101. The minimum Gasteiger partial charge on any atom is -0.497 e. The molecule has 4 rings (SSSR count). The zero-order valence-corrected chi connectivity index (χ0v) is 18.4. The third kappa shape index (κ3) is 3.87. The van der Waals surface area contributed by atoms with Gasteiger partial charge in [-0.1, -0.05) is 6.07 Å². The first-order valence-electron chi connectivity index (χ1n) is 11.1. The average molecular weight is 416 g/mol. The van der Waals surface area contributed by atoms with Gasteiger partial charge in [0.2, 0.25) is 5.91 Å². The van der Waals surface area contributed by atoms with E-state index in [1.165, 1.54) is 0 Å². The lowest BCUT2D eigenvalue weighted by molar-refractivity contribution is -0.118. The molecule has 0 atom stereocenters. The van der Waals surface area contributed by atoms with Crippen LogP contribution in [0.2, 0.25) is 0 Å². The molecule has 7 nitrogen and oxygen atoms in total. The number of methoxy groups -OCH3 is 1. The first-order chi connectivity index (χ1) is 14.4. The van der Waals surface area contributed by atoms with Crippen LogP contribution < -0.4 is 9.64 Å². The predicted molar refractivity (Wildman–Crippen MR) is 115 cm³/mol.